The van der Waals surface area contributed by atoms with Gasteiger partial charge in [0.05, 0.1) is 21.1 Å². The molecule has 19 heavy (non-hydrogen) atoms. The van der Waals surface area contributed by atoms with Crippen molar-refractivity contribution in [1.82, 2.24) is 14.5 Å². The molecule has 0 fully saturated rings. The van der Waals surface area contributed by atoms with E-state index in [9.17, 15) is 4.79 Å². The minimum atomic E-state index is -0.306. The molecule has 0 aliphatic rings. The Morgan fingerprint density at radius 3 is 2.68 bits per heavy atom. The fourth-order valence-corrected chi connectivity index (χ4v) is 2.11. The van der Waals surface area contributed by atoms with Gasteiger partial charge in [-0.25, -0.2) is 4.98 Å². The average molecular weight is 292 g/mol. The summed E-state index contributed by atoms with van der Waals surface area (Å²) in [6, 6.07) is 8.56. The Morgan fingerprint density at radius 2 is 1.89 bits per heavy atom. The molecule has 2 aromatic heterocycles. The first-order valence-corrected chi connectivity index (χ1v) is 6.20. The quantitative estimate of drug-likeness (QED) is 0.692. The van der Waals surface area contributed by atoms with E-state index in [1.807, 2.05) is 0 Å². The standard InChI is InChI=1S/C13H7Cl2N3O/c14-10-4-3-8(6-11(10)15)18-7-17-13(19)9-2-1-5-16-12(9)18/h1-7H. The van der Waals surface area contributed by atoms with E-state index in [-0.39, 0.29) is 5.56 Å². The molecule has 3 rings (SSSR count). The zero-order chi connectivity index (χ0) is 13.4. The van der Waals surface area contributed by atoms with Gasteiger partial charge in [0.15, 0.2) is 5.65 Å². The zero-order valence-corrected chi connectivity index (χ0v) is 11.1. The van der Waals surface area contributed by atoms with Crippen molar-refractivity contribution >= 4 is 34.2 Å². The molecule has 1 aromatic carbocycles. The lowest BCUT2D eigenvalue weighted by atomic mass is 10.3. The summed E-state index contributed by atoms with van der Waals surface area (Å²) >= 11 is 11.9. The molecule has 0 N–H and O–H groups in total. The third-order valence-electron chi connectivity index (χ3n) is 2.72. The van der Waals surface area contributed by atoms with E-state index < -0.39 is 0 Å². The molecule has 0 saturated heterocycles. The fourth-order valence-electron chi connectivity index (χ4n) is 1.81. The van der Waals surface area contributed by atoms with Crippen LogP contribution in [0.25, 0.3) is 16.7 Å². The summed E-state index contributed by atoms with van der Waals surface area (Å²) in [4.78, 5) is 19.7. The summed E-state index contributed by atoms with van der Waals surface area (Å²) < 4.78 is 1.69. The Labute approximate surface area is 118 Å². The number of nitrogens with zero attached hydrogens (tertiary/aromatic N) is 3. The van der Waals surface area contributed by atoms with Crippen LogP contribution in [-0.2, 0) is 0 Å². The number of rotatable bonds is 1. The summed E-state index contributed by atoms with van der Waals surface area (Å²) in [5.41, 5.74) is 0.964. The number of hydrogen-bond acceptors (Lipinski definition) is 3. The van der Waals surface area contributed by atoms with Gasteiger partial charge in [0, 0.05) is 6.20 Å². The largest absolute Gasteiger partial charge is 0.284 e. The number of benzene rings is 1. The highest BCUT2D eigenvalue weighted by molar-refractivity contribution is 6.42. The third kappa shape index (κ3) is 2.09. The maximum Gasteiger partial charge on any atom is 0.282 e. The normalized spacial score (nSPS) is 10.8. The van der Waals surface area contributed by atoms with Crippen LogP contribution in [0.3, 0.4) is 0 Å². The number of hydrogen-bond donors (Lipinski definition) is 0. The summed E-state index contributed by atoms with van der Waals surface area (Å²) in [5, 5.41) is 1.36. The number of fused-ring (bicyclic) bond motifs is 1. The van der Waals surface area contributed by atoms with Crippen LogP contribution in [0.15, 0.2) is 47.7 Å². The van der Waals surface area contributed by atoms with Crippen LogP contribution >= 0.6 is 23.2 Å². The van der Waals surface area contributed by atoms with Crippen molar-refractivity contribution < 1.29 is 0 Å². The van der Waals surface area contributed by atoms with Gasteiger partial charge in [0.25, 0.3) is 5.56 Å². The lowest BCUT2D eigenvalue weighted by Gasteiger charge is -2.09. The topological polar surface area (TPSA) is 47.8 Å². The Kier molecular flexibility index (Phi) is 2.97. The van der Waals surface area contributed by atoms with Gasteiger partial charge in [-0.15, -0.1) is 0 Å². The van der Waals surface area contributed by atoms with Crippen molar-refractivity contribution in [2.75, 3.05) is 0 Å². The van der Waals surface area contributed by atoms with Crippen LogP contribution in [0.1, 0.15) is 0 Å². The fraction of sp³-hybridized carbons (Fsp3) is 0. The van der Waals surface area contributed by atoms with Crippen molar-refractivity contribution in [2.45, 2.75) is 0 Å². The molecule has 0 aliphatic carbocycles. The van der Waals surface area contributed by atoms with Gasteiger partial charge in [0.1, 0.15) is 6.33 Å². The Balaban J connectivity index is 2.34. The molecule has 0 amide bonds. The molecule has 3 aromatic rings. The van der Waals surface area contributed by atoms with Crippen LogP contribution in [0.2, 0.25) is 10.0 Å². The van der Waals surface area contributed by atoms with E-state index in [4.69, 9.17) is 23.2 Å². The number of halogens is 2. The molecule has 0 bridgehead atoms. The smallest absolute Gasteiger partial charge is 0.282 e. The number of aromatic nitrogens is 3. The van der Waals surface area contributed by atoms with Gasteiger partial charge in [-0.05, 0) is 30.3 Å². The van der Waals surface area contributed by atoms with E-state index >= 15 is 0 Å². The molecule has 0 radical (unpaired) electrons. The van der Waals surface area contributed by atoms with Crippen molar-refractivity contribution in [3.63, 3.8) is 0 Å². The first kappa shape index (κ1) is 12.1. The van der Waals surface area contributed by atoms with Crippen LogP contribution < -0.4 is 5.56 Å². The maximum absolute atomic E-state index is 11.7. The second kappa shape index (κ2) is 4.64. The SMILES string of the molecule is O=c1ncn(-c2ccc(Cl)c(Cl)c2)c2ncccc12. The lowest BCUT2D eigenvalue weighted by Crippen LogP contribution is -2.12. The molecule has 94 valence electrons. The van der Waals surface area contributed by atoms with Crippen LogP contribution in [0.5, 0.6) is 0 Å². The van der Waals surface area contributed by atoms with Crippen molar-refractivity contribution in [1.29, 1.82) is 0 Å². The molecular weight excluding hydrogens is 285 g/mol. The molecule has 4 nitrogen and oxygen atoms in total. The summed E-state index contributed by atoms with van der Waals surface area (Å²) in [6.07, 6.45) is 3.05. The number of pyridine rings is 1. The van der Waals surface area contributed by atoms with E-state index in [1.54, 1.807) is 41.1 Å². The molecule has 6 heteroatoms. The first-order valence-electron chi connectivity index (χ1n) is 5.44. The van der Waals surface area contributed by atoms with Crippen LogP contribution in [-0.4, -0.2) is 14.5 Å². The predicted molar refractivity (Wildman–Crippen MR) is 75.2 cm³/mol. The first-order chi connectivity index (χ1) is 9.16. The minimum Gasteiger partial charge on any atom is -0.284 e. The molecule has 0 unspecified atom stereocenters. The van der Waals surface area contributed by atoms with Gasteiger partial charge < -0.3 is 0 Å². The monoisotopic (exact) mass is 291 g/mol. The summed E-state index contributed by atoms with van der Waals surface area (Å²) in [5.74, 6) is 0. The van der Waals surface area contributed by atoms with Crippen LogP contribution in [0.4, 0.5) is 0 Å². The highest BCUT2D eigenvalue weighted by Gasteiger charge is 2.07. The molecule has 0 aliphatic heterocycles. The maximum atomic E-state index is 11.7. The van der Waals surface area contributed by atoms with Gasteiger partial charge in [0.2, 0.25) is 0 Å². The molecule has 2 heterocycles. The van der Waals surface area contributed by atoms with Gasteiger partial charge in [-0.3, -0.25) is 9.36 Å². The van der Waals surface area contributed by atoms with E-state index in [0.717, 1.165) is 5.69 Å². The lowest BCUT2D eigenvalue weighted by molar-refractivity contribution is 0.992. The summed E-state index contributed by atoms with van der Waals surface area (Å²) in [7, 11) is 0. The van der Waals surface area contributed by atoms with Gasteiger partial charge in [-0.1, -0.05) is 23.2 Å². The van der Waals surface area contributed by atoms with Gasteiger partial charge in [-0.2, -0.15) is 4.98 Å². The second-order valence-electron chi connectivity index (χ2n) is 3.89. The van der Waals surface area contributed by atoms with E-state index in [2.05, 4.69) is 9.97 Å². The minimum absolute atomic E-state index is 0.306. The Hall–Kier alpha value is -1.91. The van der Waals surface area contributed by atoms with E-state index in [0.29, 0.717) is 21.1 Å². The van der Waals surface area contributed by atoms with Crippen molar-refractivity contribution in [2.24, 2.45) is 0 Å². The highest BCUT2D eigenvalue weighted by Crippen LogP contribution is 2.25. The second-order valence-corrected chi connectivity index (χ2v) is 4.71. The van der Waals surface area contributed by atoms with E-state index in [1.165, 1.54) is 6.33 Å². The Bertz CT molecular complexity index is 829. The third-order valence-corrected chi connectivity index (χ3v) is 3.46. The Morgan fingerprint density at radius 1 is 1.05 bits per heavy atom. The van der Waals surface area contributed by atoms with Gasteiger partial charge >= 0.3 is 0 Å². The van der Waals surface area contributed by atoms with Crippen molar-refractivity contribution in [3.8, 4) is 5.69 Å². The molecule has 0 saturated carbocycles. The van der Waals surface area contributed by atoms with Crippen molar-refractivity contribution in [3.05, 3.63) is 63.3 Å². The molecule has 0 atom stereocenters. The predicted octanol–water partition coefficient (Wildman–Crippen LogP) is 3.09. The molecular formula is C13H7Cl2N3O. The highest BCUT2D eigenvalue weighted by atomic mass is 35.5. The zero-order valence-electron chi connectivity index (χ0n) is 9.55. The molecule has 0 spiro atoms. The van der Waals surface area contributed by atoms with Crippen LogP contribution in [0, 0.1) is 0 Å². The average Bonchev–Trinajstić information content (AvgIpc) is 2.43. The summed E-state index contributed by atoms with van der Waals surface area (Å²) in [6.45, 7) is 0.